The second kappa shape index (κ2) is 6.15. The third-order valence-corrected chi connectivity index (χ3v) is 3.15. The zero-order valence-electron chi connectivity index (χ0n) is 10.5. The first-order chi connectivity index (χ1) is 9.88. The monoisotopic (exact) mass is 326 g/mol. The van der Waals surface area contributed by atoms with Gasteiger partial charge in [-0.15, -0.1) is 0 Å². The van der Waals surface area contributed by atoms with Gasteiger partial charge < -0.3 is 11.1 Å². The molecule has 0 aliphatic carbocycles. The lowest BCUT2D eigenvalue weighted by molar-refractivity contribution is 0.102. The molecule has 0 aliphatic rings. The fourth-order valence-electron chi connectivity index (χ4n) is 1.63. The summed E-state index contributed by atoms with van der Waals surface area (Å²) in [5.41, 5.74) is 5.36. The van der Waals surface area contributed by atoms with E-state index in [1.54, 1.807) is 0 Å². The van der Waals surface area contributed by atoms with Gasteiger partial charge in [0.15, 0.2) is 0 Å². The molecular formula is C14H9ClF2N2OS. The van der Waals surface area contributed by atoms with Crippen LogP contribution in [0.5, 0.6) is 0 Å². The summed E-state index contributed by atoms with van der Waals surface area (Å²) in [7, 11) is 0. The summed E-state index contributed by atoms with van der Waals surface area (Å²) in [6, 6.07) is 7.44. The Kier molecular flexibility index (Phi) is 4.50. The minimum Gasteiger partial charge on any atom is -0.389 e. The van der Waals surface area contributed by atoms with Crippen molar-refractivity contribution < 1.29 is 13.6 Å². The van der Waals surface area contributed by atoms with Gasteiger partial charge in [-0.2, -0.15) is 0 Å². The molecule has 0 saturated carbocycles. The van der Waals surface area contributed by atoms with Gasteiger partial charge in [-0.1, -0.05) is 23.8 Å². The molecule has 3 nitrogen and oxygen atoms in total. The van der Waals surface area contributed by atoms with Crippen molar-refractivity contribution in [3.63, 3.8) is 0 Å². The normalized spacial score (nSPS) is 10.2. The minimum absolute atomic E-state index is 0.0375. The van der Waals surface area contributed by atoms with Crippen molar-refractivity contribution in [3.8, 4) is 0 Å². The number of amides is 1. The van der Waals surface area contributed by atoms with Crippen LogP contribution < -0.4 is 11.1 Å². The Bertz CT molecular complexity index is 737. The van der Waals surface area contributed by atoms with E-state index in [1.165, 1.54) is 24.3 Å². The van der Waals surface area contributed by atoms with Crippen LogP contribution in [0, 0.1) is 11.6 Å². The van der Waals surface area contributed by atoms with E-state index in [9.17, 15) is 13.6 Å². The summed E-state index contributed by atoms with van der Waals surface area (Å²) >= 11 is 10.3. The summed E-state index contributed by atoms with van der Waals surface area (Å²) in [5, 5.41) is 2.43. The molecular weight excluding hydrogens is 318 g/mol. The Hall–Kier alpha value is -2.05. The van der Waals surface area contributed by atoms with Gasteiger partial charge in [-0.3, -0.25) is 4.79 Å². The molecule has 0 fully saturated rings. The van der Waals surface area contributed by atoms with Crippen molar-refractivity contribution in [3.05, 3.63) is 64.2 Å². The smallest absolute Gasteiger partial charge is 0.258 e. The molecule has 0 unspecified atom stereocenters. The molecule has 21 heavy (non-hydrogen) atoms. The van der Waals surface area contributed by atoms with Crippen molar-refractivity contribution in [2.24, 2.45) is 5.73 Å². The Morgan fingerprint density at radius 2 is 1.86 bits per heavy atom. The van der Waals surface area contributed by atoms with Crippen LogP contribution in [0.3, 0.4) is 0 Å². The van der Waals surface area contributed by atoms with Crippen LogP contribution in [-0.2, 0) is 0 Å². The van der Waals surface area contributed by atoms with E-state index in [0.29, 0.717) is 5.56 Å². The van der Waals surface area contributed by atoms with Crippen LogP contribution in [-0.4, -0.2) is 10.9 Å². The van der Waals surface area contributed by atoms with Crippen molar-refractivity contribution in [1.82, 2.24) is 0 Å². The van der Waals surface area contributed by atoms with Gasteiger partial charge in [-0.05, 0) is 36.4 Å². The number of hydrogen-bond acceptors (Lipinski definition) is 2. The molecule has 1 amide bonds. The molecule has 2 rings (SSSR count). The highest BCUT2D eigenvalue weighted by molar-refractivity contribution is 7.80. The number of hydrogen-bond donors (Lipinski definition) is 2. The first kappa shape index (κ1) is 15.3. The lowest BCUT2D eigenvalue weighted by Gasteiger charge is -2.08. The molecule has 108 valence electrons. The Balaban J connectivity index is 2.25. The number of benzene rings is 2. The van der Waals surface area contributed by atoms with Crippen molar-refractivity contribution in [2.45, 2.75) is 0 Å². The number of nitrogens with one attached hydrogen (secondary N) is 1. The predicted molar refractivity (Wildman–Crippen MR) is 81.7 cm³/mol. The number of rotatable bonds is 3. The largest absolute Gasteiger partial charge is 0.389 e. The zero-order chi connectivity index (χ0) is 15.6. The van der Waals surface area contributed by atoms with Gasteiger partial charge in [0.05, 0.1) is 11.3 Å². The molecule has 0 bridgehead atoms. The summed E-state index contributed by atoms with van der Waals surface area (Å²) in [5.74, 6) is -2.30. The first-order valence-corrected chi connectivity index (χ1v) is 6.53. The van der Waals surface area contributed by atoms with Gasteiger partial charge in [0.1, 0.15) is 16.6 Å². The molecule has 2 aromatic rings. The third kappa shape index (κ3) is 3.53. The Morgan fingerprint density at radius 3 is 2.43 bits per heavy atom. The van der Waals surface area contributed by atoms with Gasteiger partial charge in [-0.25, -0.2) is 8.78 Å². The van der Waals surface area contributed by atoms with E-state index < -0.39 is 17.5 Å². The highest BCUT2D eigenvalue weighted by Gasteiger charge is 2.14. The van der Waals surface area contributed by atoms with E-state index in [0.717, 1.165) is 12.1 Å². The lowest BCUT2D eigenvalue weighted by Crippen LogP contribution is -2.15. The van der Waals surface area contributed by atoms with E-state index in [-0.39, 0.29) is 21.3 Å². The topological polar surface area (TPSA) is 55.1 Å². The van der Waals surface area contributed by atoms with E-state index in [1.807, 2.05) is 0 Å². The average molecular weight is 327 g/mol. The molecule has 2 aromatic carbocycles. The van der Waals surface area contributed by atoms with Crippen LogP contribution in [0.2, 0.25) is 5.02 Å². The molecule has 0 spiro atoms. The van der Waals surface area contributed by atoms with Crippen LogP contribution in [0.4, 0.5) is 14.5 Å². The summed E-state index contributed by atoms with van der Waals surface area (Å²) in [4.78, 5) is 11.9. The fraction of sp³-hybridized carbons (Fsp3) is 0. The Morgan fingerprint density at radius 1 is 1.14 bits per heavy atom. The Labute approximate surface area is 129 Å². The van der Waals surface area contributed by atoms with Crippen LogP contribution in [0.25, 0.3) is 0 Å². The molecule has 0 atom stereocenters. The fourth-order valence-corrected chi connectivity index (χ4v) is 1.92. The number of anilines is 1. The lowest BCUT2D eigenvalue weighted by atomic mass is 10.1. The van der Waals surface area contributed by atoms with E-state index in [2.05, 4.69) is 5.32 Å². The molecule has 0 saturated heterocycles. The van der Waals surface area contributed by atoms with E-state index in [4.69, 9.17) is 29.6 Å². The standard InChI is InChI=1S/C14H9ClF2N2OS/c15-8-2-3-9(10(16)6-8)14(20)19-12-4-1-7(13(18)21)5-11(12)17/h1-6H,(H2,18,21)(H,19,20). The van der Waals surface area contributed by atoms with Crippen LogP contribution >= 0.6 is 23.8 Å². The second-order valence-electron chi connectivity index (χ2n) is 4.14. The maximum atomic E-state index is 13.8. The molecule has 0 heterocycles. The quantitative estimate of drug-likeness (QED) is 0.849. The van der Waals surface area contributed by atoms with Gasteiger partial charge in [0.25, 0.3) is 5.91 Å². The third-order valence-electron chi connectivity index (χ3n) is 2.68. The van der Waals surface area contributed by atoms with Crippen molar-refractivity contribution in [2.75, 3.05) is 5.32 Å². The molecule has 0 aliphatic heterocycles. The van der Waals surface area contributed by atoms with Crippen molar-refractivity contribution >= 4 is 40.4 Å². The number of carbonyl (C=O) groups is 1. The molecule has 0 aromatic heterocycles. The highest BCUT2D eigenvalue weighted by Crippen LogP contribution is 2.19. The number of carbonyl (C=O) groups excluding carboxylic acids is 1. The summed E-state index contributed by atoms with van der Waals surface area (Å²) in [6.07, 6.45) is 0. The summed E-state index contributed by atoms with van der Waals surface area (Å²) in [6.45, 7) is 0. The number of halogens is 3. The molecule has 3 N–H and O–H groups in total. The second-order valence-corrected chi connectivity index (χ2v) is 5.01. The van der Waals surface area contributed by atoms with Gasteiger partial charge >= 0.3 is 0 Å². The van der Waals surface area contributed by atoms with Crippen LogP contribution in [0.15, 0.2) is 36.4 Å². The SMILES string of the molecule is NC(=S)c1ccc(NC(=O)c2ccc(Cl)cc2F)c(F)c1. The van der Waals surface area contributed by atoms with E-state index >= 15 is 0 Å². The number of thiocarbonyl (C=S) groups is 1. The first-order valence-electron chi connectivity index (χ1n) is 5.74. The maximum Gasteiger partial charge on any atom is 0.258 e. The summed E-state index contributed by atoms with van der Waals surface area (Å²) < 4.78 is 27.4. The highest BCUT2D eigenvalue weighted by atomic mass is 35.5. The number of nitrogens with two attached hydrogens (primary N) is 1. The zero-order valence-corrected chi connectivity index (χ0v) is 12.1. The molecule has 0 radical (unpaired) electrons. The minimum atomic E-state index is -0.792. The van der Waals surface area contributed by atoms with Gasteiger partial charge in [0.2, 0.25) is 0 Å². The predicted octanol–water partition coefficient (Wildman–Crippen LogP) is 3.50. The maximum absolute atomic E-state index is 13.8. The van der Waals surface area contributed by atoms with Crippen molar-refractivity contribution in [1.29, 1.82) is 0 Å². The average Bonchev–Trinajstić information content (AvgIpc) is 2.40. The van der Waals surface area contributed by atoms with Gasteiger partial charge in [0, 0.05) is 10.6 Å². The molecule has 7 heteroatoms. The van der Waals surface area contributed by atoms with Crippen LogP contribution in [0.1, 0.15) is 15.9 Å².